The van der Waals surface area contributed by atoms with E-state index in [-0.39, 0.29) is 6.17 Å². The summed E-state index contributed by atoms with van der Waals surface area (Å²) in [5, 5.41) is 5.47. The van der Waals surface area contributed by atoms with E-state index in [1.54, 1.807) is 0 Å². The molecule has 2 rings (SSSR count). The topological polar surface area (TPSA) is 27.3 Å². The van der Waals surface area contributed by atoms with Crippen LogP contribution in [0.2, 0.25) is 0 Å². The predicted molar refractivity (Wildman–Crippen MR) is 66.8 cm³/mol. The molecule has 84 valence electrons. The van der Waals surface area contributed by atoms with Crippen molar-refractivity contribution >= 4 is 5.69 Å². The van der Waals surface area contributed by atoms with Gasteiger partial charge in [0.15, 0.2) is 0 Å². The molecule has 0 saturated carbocycles. The Morgan fingerprint density at radius 3 is 2.94 bits per heavy atom. The standard InChI is InChI=1S/C13H17N3/c1-4-9-16-12-8-6-5-7-11(12)13(15-16)14-10(2)3/h1,5-8,10,13-15H,9H2,2-3H3. The highest BCUT2D eigenvalue weighted by Gasteiger charge is 2.26. The van der Waals surface area contributed by atoms with Gasteiger partial charge in [0.1, 0.15) is 6.17 Å². The molecular weight excluding hydrogens is 198 g/mol. The first-order chi connectivity index (χ1) is 7.72. The number of fused-ring (bicyclic) bond motifs is 1. The average Bonchev–Trinajstić information content (AvgIpc) is 2.58. The third-order valence-electron chi connectivity index (χ3n) is 2.57. The zero-order chi connectivity index (χ0) is 11.5. The van der Waals surface area contributed by atoms with Crippen LogP contribution in [0.15, 0.2) is 24.3 Å². The SMILES string of the molecule is C#CCN1NC(NC(C)C)c2ccccc21. The smallest absolute Gasteiger partial charge is 0.103 e. The normalized spacial score (nSPS) is 18.6. The molecule has 1 heterocycles. The molecule has 2 N–H and O–H groups in total. The number of nitrogens with one attached hydrogen (secondary N) is 2. The number of hydrazine groups is 1. The lowest BCUT2D eigenvalue weighted by Crippen LogP contribution is -2.42. The van der Waals surface area contributed by atoms with Crippen LogP contribution < -0.4 is 15.8 Å². The Bertz CT molecular complexity index is 406. The first-order valence-corrected chi connectivity index (χ1v) is 5.54. The second-order valence-electron chi connectivity index (χ2n) is 4.23. The lowest BCUT2D eigenvalue weighted by molar-refractivity contribution is 0.421. The molecule has 0 spiro atoms. The van der Waals surface area contributed by atoms with Crippen molar-refractivity contribution in [2.75, 3.05) is 11.6 Å². The van der Waals surface area contributed by atoms with Gasteiger partial charge in [0.2, 0.25) is 0 Å². The summed E-state index contributed by atoms with van der Waals surface area (Å²) in [5.74, 6) is 2.66. The number of nitrogens with zero attached hydrogens (tertiary/aromatic N) is 1. The first kappa shape index (κ1) is 11.0. The Balaban J connectivity index is 2.25. The van der Waals surface area contributed by atoms with E-state index in [4.69, 9.17) is 6.42 Å². The lowest BCUT2D eigenvalue weighted by atomic mass is 10.1. The number of hydrogen-bond donors (Lipinski definition) is 2. The summed E-state index contributed by atoms with van der Waals surface area (Å²) in [4.78, 5) is 0. The van der Waals surface area contributed by atoms with Crippen molar-refractivity contribution in [3.05, 3.63) is 29.8 Å². The number of benzene rings is 1. The molecule has 3 heteroatoms. The summed E-state index contributed by atoms with van der Waals surface area (Å²) in [6, 6.07) is 8.72. The van der Waals surface area contributed by atoms with Crippen molar-refractivity contribution in [1.82, 2.24) is 10.7 Å². The molecule has 1 aliphatic heterocycles. The van der Waals surface area contributed by atoms with E-state index < -0.39 is 0 Å². The maximum absolute atomic E-state index is 5.36. The second kappa shape index (κ2) is 4.56. The van der Waals surface area contributed by atoms with Gasteiger partial charge in [0, 0.05) is 11.6 Å². The predicted octanol–water partition coefficient (Wildman–Crippen LogP) is 1.64. The maximum Gasteiger partial charge on any atom is 0.103 e. The Labute approximate surface area is 96.8 Å². The third-order valence-corrected chi connectivity index (χ3v) is 2.57. The minimum absolute atomic E-state index is 0.157. The summed E-state index contributed by atoms with van der Waals surface area (Å²) in [6.07, 6.45) is 5.52. The summed E-state index contributed by atoms with van der Waals surface area (Å²) in [7, 11) is 0. The third kappa shape index (κ3) is 2.04. The number of terminal acetylenes is 1. The fraction of sp³-hybridized carbons (Fsp3) is 0.385. The highest BCUT2D eigenvalue weighted by Crippen LogP contribution is 2.30. The molecule has 0 aromatic heterocycles. The Morgan fingerprint density at radius 1 is 1.50 bits per heavy atom. The highest BCUT2D eigenvalue weighted by molar-refractivity contribution is 5.58. The van der Waals surface area contributed by atoms with Crippen LogP contribution in [0, 0.1) is 12.3 Å². The van der Waals surface area contributed by atoms with Gasteiger partial charge in [-0.15, -0.1) is 6.42 Å². The van der Waals surface area contributed by atoms with Crippen molar-refractivity contribution in [3.8, 4) is 12.3 Å². The molecule has 3 nitrogen and oxygen atoms in total. The lowest BCUT2D eigenvalue weighted by Gasteiger charge is -2.20. The molecule has 0 saturated heterocycles. The van der Waals surface area contributed by atoms with Crippen LogP contribution >= 0.6 is 0 Å². The fourth-order valence-corrected chi connectivity index (χ4v) is 1.95. The molecule has 1 aliphatic rings. The van der Waals surface area contributed by atoms with Crippen molar-refractivity contribution in [1.29, 1.82) is 0 Å². The summed E-state index contributed by atoms with van der Waals surface area (Å²) >= 11 is 0. The van der Waals surface area contributed by atoms with Crippen LogP contribution in [0.3, 0.4) is 0 Å². The van der Waals surface area contributed by atoms with Crippen molar-refractivity contribution in [3.63, 3.8) is 0 Å². The van der Waals surface area contributed by atoms with Crippen molar-refractivity contribution < 1.29 is 0 Å². The fourth-order valence-electron chi connectivity index (χ4n) is 1.95. The van der Waals surface area contributed by atoms with Gasteiger partial charge in [-0.3, -0.25) is 10.3 Å². The Kier molecular flexibility index (Phi) is 3.14. The quantitative estimate of drug-likeness (QED) is 0.751. The largest absolute Gasteiger partial charge is 0.295 e. The van der Waals surface area contributed by atoms with Crippen LogP contribution in [-0.4, -0.2) is 12.6 Å². The van der Waals surface area contributed by atoms with Gasteiger partial charge in [0.25, 0.3) is 0 Å². The molecular formula is C13H17N3. The molecule has 0 radical (unpaired) electrons. The zero-order valence-electron chi connectivity index (χ0n) is 9.70. The number of hydrogen-bond acceptors (Lipinski definition) is 3. The van der Waals surface area contributed by atoms with Gasteiger partial charge in [0.05, 0.1) is 12.2 Å². The molecule has 1 aromatic carbocycles. The molecule has 1 aromatic rings. The van der Waals surface area contributed by atoms with E-state index in [1.807, 2.05) is 11.1 Å². The van der Waals surface area contributed by atoms with E-state index in [9.17, 15) is 0 Å². The highest BCUT2D eigenvalue weighted by atomic mass is 15.6. The van der Waals surface area contributed by atoms with Crippen LogP contribution in [0.4, 0.5) is 5.69 Å². The van der Waals surface area contributed by atoms with Gasteiger partial charge in [-0.25, -0.2) is 5.43 Å². The Hall–Kier alpha value is -1.50. The van der Waals surface area contributed by atoms with Gasteiger partial charge in [-0.05, 0) is 19.9 Å². The molecule has 0 aliphatic carbocycles. The van der Waals surface area contributed by atoms with E-state index >= 15 is 0 Å². The van der Waals surface area contributed by atoms with Gasteiger partial charge >= 0.3 is 0 Å². The Morgan fingerprint density at radius 2 is 2.25 bits per heavy atom. The van der Waals surface area contributed by atoms with E-state index in [0.29, 0.717) is 12.6 Å². The van der Waals surface area contributed by atoms with E-state index in [0.717, 1.165) is 0 Å². The van der Waals surface area contributed by atoms with Gasteiger partial charge in [-0.2, -0.15) is 0 Å². The van der Waals surface area contributed by atoms with Crippen molar-refractivity contribution in [2.24, 2.45) is 0 Å². The molecule has 1 atom stereocenters. The average molecular weight is 215 g/mol. The van der Waals surface area contributed by atoms with Crippen LogP contribution in [0.25, 0.3) is 0 Å². The summed E-state index contributed by atoms with van der Waals surface area (Å²) < 4.78 is 0. The van der Waals surface area contributed by atoms with Gasteiger partial charge < -0.3 is 0 Å². The second-order valence-corrected chi connectivity index (χ2v) is 4.23. The van der Waals surface area contributed by atoms with Crippen LogP contribution in [0.1, 0.15) is 25.6 Å². The van der Waals surface area contributed by atoms with Crippen LogP contribution in [-0.2, 0) is 0 Å². The van der Waals surface area contributed by atoms with E-state index in [2.05, 4.69) is 48.7 Å². The van der Waals surface area contributed by atoms with Crippen molar-refractivity contribution in [2.45, 2.75) is 26.1 Å². The first-order valence-electron chi connectivity index (χ1n) is 5.54. The number of rotatable bonds is 3. The molecule has 16 heavy (non-hydrogen) atoms. The molecule has 0 amide bonds. The number of para-hydroxylation sites is 1. The zero-order valence-corrected chi connectivity index (χ0v) is 9.70. The monoisotopic (exact) mass is 215 g/mol. The molecule has 0 bridgehead atoms. The summed E-state index contributed by atoms with van der Waals surface area (Å²) in [5.41, 5.74) is 5.79. The minimum atomic E-state index is 0.157. The van der Waals surface area contributed by atoms with Crippen LogP contribution in [0.5, 0.6) is 0 Å². The minimum Gasteiger partial charge on any atom is -0.295 e. The van der Waals surface area contributed by atoms with E-state index in [1.165, 1.54) is 11.3 Å². The number of anilines is 1. The van der Waals surface area contributed by atoms with Gasteiger partial charge in [-0.1, -0.05) is 24.1 Å². The maximum atomic E-state index is 5.36. The summed E-state index contributed by atoms with van der Waals surface area (Å²) in [6.45, 7) is 4.84. The molecule has 1 unspecified atom stereocenters. The molecule has 0 fully saturated rings.